The number of aromatic nitrogens is 1. The summed E-state index contributed by atoms with van der Waals surface area (Å²) in [4.78, 5) is 16.2. The third kappa shape index (κ3) is 2.41. The van der Waals surface area contributed by atoms with Gasteiger partial charge < -0.3 is 10.6 Å². The van der Waals surface area contributed by atoms with Crippen LogP contribution in [0.5, 0.6) is 0 Å². The lowest BCUT2D eigenvalue weighted by molar-refractivity contribution is 0.0907. The fraction of sp³-hybridized carbons (Fsp3) is 0.571. The van der Waals surface area contributed by atoms with E-state index in [1.807, 2.05) is 0 Å². The summed E-state index contributed by atoms with van der Waals surface area (Å²) in [7, 11) is 0. The first-order valence-corrected chi connectivity index (χ1v) is 7.24. The zero-order valence-electron chi connectivity index (χ0n) is 10.9. The van der Waals surface area contributed by atoms with Crippen molar-refractivity contribution in [3.05, 3.63) is 23.0 Å². The van der Waals surface area contributed by atoms with Crippen molar-refractivity contribution < 1.29 is 4.79 Å². The SMILES string of the molecule is CC1CCCC(C2NC(=O)c3c(Cl)cncc3N2)C1. The molecule has 0 radical (unpaired) electrons. The molecule has 1 fully saturated rings. The van der Waals surface area contributed by atoms with Gasteiger partial charge in [0, 0.05) is 6.20 Å². The number of carbonyl (C=O) groups excluding carboxylic acids is 1. The van der Waals surface area contributed by atoms with Crippen molar-refractivity contribution in [3.8, 4) is 0 Å². The summed E-state index contributed by atoms with van der Waals surface area (Å²) < 4.78 is 0. The van der Waals surface area contributed by atoms with Crippen molar-refractivity contribution in [2.75, 3.05) is 5.32 Å². The van der Waals surface area contributed by atoms with Crippen LogP contribution in [0.2, 0.25) is 5.02 Å². The molecule has 3 unspecified atom stereocenters. The summed E-state index contributed by atoms with van der Waals surface area (Å²) in [5, 5.41) is 6.82. The summed E-state index contributed by atoms with van der Waals surface area (Å²) >= 11 is 6.03. The number of rotatable bonds is 1. The molecule has 1 aliphatic carbocycles. The molecule has 1 aromatic rings. The number of nitrogens with zero attached hydrogens (tertiary/aromatic N) is 1. The van der Waals surface area contributed by atoms with Crippen LogP contribution >= 0.6 is 11.6 Å². The van der Waals surface area contributed by atoms with E-state index in [0.717, 1.165) is 24.4 Å². The minimum Gasteiger partial charge on any atom is -0.363 e. The normalized spacial score (nSPS) is 30.2. The number of fused-ring (bicyclic) bond motifs is 1. The maximum Gasteiger partial charge on any atom is 0.256 e. The number of carbonyl (C=O) groups is 1. The Bertz CT molecular complexity index is 505. The highest BCUT2D eigenvalue weighted by Crippen LogP contribution is 2.34. The van der Waals surface area contributed by atoms with E-state index in [-0.39, 0.29) is 12.1 Å². The summed E-state index contributed by atoms with van der Waals surface area (Å²) in [5.41, 5.74) is 1.26. The van der Waals surface area contributed by atoms with Gasteiger partial charge in [-0.2, -0.15) is 0 Å². The van der Waals surface area contributed by atoms with Gasteiger partial charge in [0.1, 0.15) is 6.17 Å². The Labute approximate surface area is 117 Å². The second kappa shape index (κ2) is 5.00. The predicted octanol–water partition coefficient (Wildman–Crippen LogP) is 3.04. The van der Waals surface area contributed by atoms with Crippen LogP contribution in [0.3, 0.4) is 0 Å². The molecule has 1 aliphatic heterocycles. The van der Waals surface area contributed by atoms with Gasteiger partial charge in [-0.05, 0) is 24.7 Å². The molecule has 0 aromatic carbocycles. The number of halogens is 1. The highest BCUT2D eigenvalue weighted by Gasteiger charge is 2.33. The van der Waals surface area contributed by atoms with E-state index in [0.29, 0.717) is 16.5 Å². The highest BCUT2D eigenvalue weighted by molar-refractivity contribution is 6.34. The Morgan fingerprint density at radius 2 is 2.16 bits per heavy atom. The second-order valence-electron chi connectivity index (χ2n) is 5.67. The molecule has 1 amide bonds. The Morgan fingerprint density at radius 1 is 1.32 bits per heavy atom. The van der Waals surface area contributed by atoms with Gasteiger partial charge in [-0.15, -0.1) is 0 Å². The molecule has 3 rings (SSSR count). The molecule has 2 heterocycles. The molecular weight excluding hydrogens is 262 g/mol. The Kier molecular flexibility index (Phi) is 3.35. The molecule has 102 valence electrons. The summed E-state index contributed by atoms with van der Waals surface area (Å²) in [6.45, 7) is 2.28. The first kappa shape index (κ1) is 12.7. The van der Waals surface area contributed by atoms with Crippen LogP contribution in [0.4, 0.5) is 5.69 Å². The minimum atomic E-state index is -0.0932. The quantitative estimate of drug-likeness (QED) is 0.831. The molecule has 2 N–H and O–H groups in total. The molecule has 0 bridgehead atoms. The van der Waals surface area contributed by atoms with Gasteiger partial charge in [-0.25, -0.2) is 0 Å². The molecule has 0 spiro atoms. The average molecular weight is 280 g/mol. The topological polar surface area (TPSA) is 54.0 Å². The molecule has 1 aromatic heterocycles. The molecular formula is C14H18ClN3O. The molecule has 2 aliphatic rings. The van der Waals surface area contributed by atoms with Gasteiger partial charge in [0.2, 0.25) is 0 Å². The number of anilines is 1. The van der Waals surface area contributed by atoms with Crippen LogP contribution < -0.4 is 10.6 Å². The van der Waals surface area contributed by atoms with E-state index in [1.165, 1.54) is 19.0 Å². The van der Waals surface area contributed by atoms with Crippen molar-refractivity contribution in [2.24, 2.45) is 11.8 Å². The Hall–Kier alpha value is -1.29. The number of nitrogens with one attached hydrogen (secondary N) is 2. The van der Waals surface area contributed by atoms with Gasteiger partial charge in [0.15, 0.2) is 0 Å². The van der Waals surface area contributed by atoms with Crippen molar-refractivity contribution in [1.29, 1.82) is 0 Å². The lowest BCUT2D eigenvalue weighted by atomic mass is 9.80. The predicted molar refractivity (Wildman–Crippen MR) is 75.2 cm³/mol. The van der Waals surface area contributed by atoms with Crippen LogP contribution in [-0.4, -0.2) is 17.1 Å². The highest BCUT2D eigenvalue weighted by atomic mass is 35.5. The van der Waals surface area contributed by atoms with E-state index in [4.69, 9.17) is 11.6 Å². The second-order valence-corrected chi connectivity index (χ2v) is 6.08. The Morgan fingerprint density at radius 3 is 2.95 bits per heavy atom. The van der Waals surface area contributed by atoms with E-state index >= 15 is 0 Å². The van der Waals surface area contributed by atoms with Crippen LogP contribution in [0.15, 0.2) is 12.4 Å². The fourth-order valence-electron chi connectivity index (χ4n) is 3.21. The third-order valence-corrected chi connectivity index (χ3v) is 4.46. The van der Waals surface area contributed by atoms with Crippen LogP contribution in [0, 0.1) is 11.8 Å². The van der Waals surface area contributed by atoms with Crippen LogP contribution in [-0.2, 0) is 0 Å². The van der Waals surface area contributed by atoms with Crippen molar-refractivity contribution in [3.63, 3.8) is 0 Å². The number of pyridine rings is 1. The molecule has 19 heavy (non-hydrogen) atoms. The van der Waals surface area contributed by atoms with Gasteiger partial charge >= 0.3 is 0 Å². The standard InChI is InChI=1S/C14H18ClN3O/c1-8-3-2-4-9(5-8)13-17-11-7-16-6-10(15)12(11)14(19)18-13/h6-9,13,17H,2-5H2,1H3,(H,18,19). The maximum absolute atomic E-state index is 12.2. The van der Waals surface area contributed by atoms with Gasteiger partial charge in [0.05, 0.1) is 22.5 Å². The van der Waals surface area contributed by atoms with Gasteiger partial charge in [-0.1, -0.05) is 31.4 Å². The van der Waals surface area contributed by atoms with Gasteiger partial charge in [-0.3, -0.25) is 9.78 Å². The minimum absolute atomic E-state index is 0.00279. The smallest absolute Gasteiger partial charge is 0.256 e. The van der Waals surface area contributed by atoms with E-state index in [1.54, 1.807) is 6.20 Å². The number of hydrogen-bond donors (Lipinski definition) is 2. The Balaban J connectivity index is 1.83. The molecule has 0 saturated heterocycles. The third-order valence-electron chi connectivity index (χ3n) is 4.17. The first-order chi connectivity index (χ1) is 9.15. The monoisotopic (exact) mass is 279 g/mol. The van der Waals surface area contributed by atoms with E-state index < -0.39 is 0 Å². The first-order valence-electron chi connectivity index (χ1n) is 6.86. The summed E-state index contributed by atoms with van der Waals surface area (Å²) in [5.74, 6) is 1.13. The summed E-state index contributed by atoms with van der Waals surface area (Å²) in [6.07, 6.45) is 8.03. The van der Waals surface area contributed by atoms with E-state index in [9.17, 15) is 4.79 Å². The average Bonchev–Trinajstić information content (AvgIpc) is 2.38. The van der Waals surface area contributed by atoms with Crippen molar-refractivity contribution >= 4 is 23.2 Å². The zero-order valence-corrected chi connectivity index (χ0v) is 11.7. The number of hydrogen-bond acceptors (Lipinski definition) is 3. The van der Waals surface area contributed by atoms with Crippen LogP contribution in [0.1, 0.15) is 43.0 Å². The maximum atomic E-state index is 12.2. The zero-order chi connectivity index (χ0) is 13.4. The van der Waals surface area contributed by atoms with Gasteiger partial charge in [0.25, 0.3) is 5.91 Å². The van der Waals surface area contributed by atoms with E-state index in [2.05, 4.69) is 22.5 Å². The number of amides is 1. The lowest BCUT2D eigenvalue weighted by Crippen LogP contribution is -2.50. The lowest BCUT2D eigenvalue weighted by Gasteiger charge is -2.37. The molecule has 5 heteroatoms. The molecule has 1 saturated carbocycles. The van der Waals surface area contributed by atoms with Crippen LogP contribution in [0.25, 0.3) is 0 Å². The van der Waals surface area contributed by atoms with Crippen molar-refractivity contribution in [2.45, 2.75) is 38.8 Å². The summed E-state index contributed by atoms with van der Waals surface area (Å²) in [6, 6.07) is 0. The molecule has 3 atom stereocenters. The fourth-order valence-corrected chi connectivity index (χ4v) is 3.46. The molecule has 4 nitrogen and oxygen atoms in total. The largest absolute Gasteiger partial charge is 0.363 e. The van der Waals surface area contributed by atoms with Crippen molar-refractivity contribution in [1.82, 2.24) is 10.3 Å².